The minimum absolute atomic E-state index is 0.220. The van der Waals surface area contributed by atoms with E-state index >= 15 is 0 Å². The highest BCUT2D eigenvalue weighted by atomic mass is 32.2. The van der Waals surface area contributed by atoms with Crippen LogP contribution in [0.5, 0.6) is 0 Å². The van der Waals surface area contributed by atoms with Crippen molar-refractivity contribution in [2.45, 2.75) is 4.90 Å². The Morgan fingerprint density at radius 3 is 2.10 bits per heavy atom. The van der Waals surface area contributed by atoms with Crippen molar-refractivity contribution in [2.75, 3.05) is 57.4 Å². The zero-order chi connectivity index (χ0) is 15.2. The minimum atomic E-state index is -3.25. The Kier molecular flexibility index (Phi) is 6.25. The van der Waals surface area contributed by atoms with Crippen molar-refractivity contribution in [3.05, 3.63) is 18.2 Å². The largest absolute Gasteiger partial charge is 0.397 e. The maximum atomic E-state index is 11.5. The fraction of sp³-hybridized carbons (Fsp3) is 0.538. The van der Waals surface area contributed by atoms with Gasteiger partial charge in [-0.15, -0.1) is 0 Å². The Morgan fingerprint density at radius 1 is 1.15 bits per heavy atom. The molecule has 0 saturated carbocycles. The van der Waals surface area contributed by atoms with Gasteiger partial charge in [0.15, 0.2) is 9.84 Å². The normalized spacial score (nSPS) is 11.6. The standard InChI is InChI=1S/C13H22N2O4S/c1-18-8-6-15(7-9-19-2)13-5-4-11(10-12(13)14)20(3,16)17/h4-5,10H,6-9,14H2,1-3H3. The van der Waals surface area contributed by atoms with E-state index in [2.05, 4.69) is 0 Å². The smallest absolute Gasteiger partial charge is 0.175 e. The molecular weight excluding hydrogens is 280 g/mol. The summed E-state index contributed by atoms with van der Waals surface area (Å²) >= 11 is 0. The second-order valence-electron chi connectivity index (χ2n) is 4.47. The van der Waals surface area contributed by atoms with Gasteiger partial charge >= 0.3 is 0 Å². The van der Waals surface area contributed by atoms with Gasteiger partial charge in [-0.25, -0.2) is 8.42 Å². The van der Waals surface area contributed by atoms with E-state index in [1.165, 1.54) is 6.07 Å². The van der Waals surface area contributed by atoms with Crippen LogP contribution in [0.3, 0.4) is 0 Å². The SMILES string of the molecule is COCCN(CCOC)c1ccc(S(C)(=O)=O)cc1N. The number of hydrogen-bond acceptors (Lipinski definition) is 6. The molecule has 20 heavy (non-hydrogen) atoms. The van der Waals surface area contributed by atoms with Crippen molar-refractivity contribution < 1.29 is 17.9 Å². The molecule has 0 heterocycles. The first-order valence-corrected chi connectivity index (χ1v) is 8.11. The first-order valence-electron chi connectivity index (χ1n) is 6.22. The van der Waals surface area contributed by atoms with Crippen LogP contribution in [-0.4, -0.2) is 55.2 Å². The molecule has 1 rings (SSSR count). The van der Waals surface area contributed by atoms with Crippen LogP contribution in [0.4, 0.5) is 11.4 Å². The van der Waals surface area contributed by atoms with Crippen LogP contribution in [0.15, 0.2) is 23.1 Å². The minimum Gasteiger partial charge on any atom is -0.397 e. The summed E-state index contributed by atoms with van der Waals surface area (Å²) in [4.78, 5) is 2.23. The molecule has 2 N–H and O–H groups in total. The van der Waals surface area contributed by atoms with Gasteiger partial charge in [0.05, 0.1) is 29.5 Å². The van der Waals surface area contributed by atoms with Crippen LogP contribution in [-0.2, 0) is 19.3 Å². The molecule has 0 aliphatic carbocycles. The molecule has 0 aliphatic heterocycles. The van der Waals surface area contributed by atoms with Gasteiger partial charge in [-0.3, -0.25) is 0 Å². The van der Waals surface area contributed by atoms with Crippen LogP contribution in [0.25, 0.3) is 0 Å². The molecule has 0 saturated heterocycles. The molecule has 1 aromatic carbocycles. The summed E-state index contributed by atoms with van der Waals surface area (Å²) in [6.07, 6.45) is 1.16. The van der Waals surface area contributed by atoms with Gasteiger partial charge in [-0.2, -0.15) is 0 Å². The average Bonchev–Trinajstić information content (AvgIpc) is 2.38. The van der Waals surface area contributed by atoms with Crippen LogP contribution in [0.2, 0.25) is 0 Å². The Labute approximate surface area is 120 Å². The fourth-order valence-electron chi connectivity index (χ4n) is 1.81. The van der Waals surface area contributed by atoms with Gasteiger partial charge in [-0.1, -0.05) is 0 Å². The number of anilines is 2. The molecule has 0 spiro atoms. The second-order valence-corrected chi connectivity index (χ2v) is 6.48. The van der Waals surface area contributed by atoms with Crippen molar-refractivity contribution in [1.82, 2.24) is 0 Å². The molecule has 0 aromatic heterocycles. The Bertz CT molecular complexity index is 523. The lowest BCUT2D eigenvalue weighted by molar-refractivity contribution is 0.190. The van der Waals surface area contributed by atoms with E-state index in [1.807, 2.05) is 4.90 Å². The van der Waals surface area contributed by atoms with Gasteiger partial charge in [-0.05, 0) is 18.2 Å². The number of nitrogens with zero attached hydrogens (tertiary/aromatic N) is 1. The molecule has 0 radical (unpaired) electrons. The van der Waals surface area contributed by atoms with E-state index in [1.54, 1.807) is 26.4 Å². The number of ether oxygens (including phenoxy) is 2. The van der Waals surface area contributed by atoms with E-state index in [9.17, 15) is 8.42 Å². The summed E-state index contributed by atoms with van der Waals surface area (Å²) in [7, 11) is 0.00958. The molecular formula is C13H22N2O4S. The molecule has 0 atom stereocenters. The monoisotopic (exact) mass is 302 g/mol. The van der Waals surface area contributed by atoms with Gasteiger partial charge < -0.3 is 20.1 Å². The van der Waals surface area contributed by atoms with Crippen molar-refractivity contribution in [3.8, 4) is 0 Å². The van der Waals surface area contributed by atoms with Crippen LogP contribution in [0, 0.1) is 0 Å². The molecule has 0 fully saturated rings. The van der Waals surface area contributed by atoms with Crippen LogP contribution < -0.4 is 10.6 Å². The summed E-state index contributed by atoms with van der Waals surface area (Å²) in [6, 6.07) is 4.77. The maximum Gasteiger partial charge on any atom is 0.175 e. The number of nitrogens with two attached hydrogens (primary N) is 1. The zero-order valence-electron chi connectivity index (χ0n) is 12.1. The third kappa shape index (κ3) is 4.66. The number of sulfone groups is 1. The van der Waals surface area contributed by atoms with Gasteiger partial charge in [0.2, 0.25) is 0 Å². The van der Waals surface area contributed by atoms with Gasteiger partial charge in [0.25, 0.3) is 0 Å². The lowest BCUT2D eigenvalue weighted by Crippen LogP contribution is -2.31. The molecule has 114 valence electrons. The Hall–Kier alpha value is -1.31. The highest BCUT2D eigenvalue weighted by Gasteiger charge is 2.13. The molecule has 0 aliphatic rings. The Morgan fingerprint density at radius 2 is 1.70 bits per heavy atom. The molecule has 0 amide bonds. The first kappa shape index (κ1) is 16.7. The van der Waals surface area contributed by atoms with Crippen molar-refractivity contribution >= 4 is 21.2 Å². The lowest BCUT2D eigenvalue weighted by atomic mass is 10.2. The van der Waals surface area contributed by atoms with E-state index < -0.39 is 9.84 Å². The van der Waals surface area contributed by atoms with Gasteiger partial charge in [0.1, 0.15) is 0 Å². The lowest BCUT2D eigenvalue weighted by Gasteiger charge is -2.25. The number of benzene rings is 1. The summed E-state index contributed by atoms with van der Waals surface area (Å²) in [6.45, 7) is 2.42. The Balaban J connectivity index is 3.01. The predicted octanol–water partition coefficient (Wildman–Crippen LogP) is 0.772. The highest BCUT2D eigenvalue weighted by molar-refractivity contribution is 7.90. The molecule has 0 unspecified atom stereocenters. The number of rotatable bonds is 8. The number of methoxy groups -OCH3 is 2. The number of nitrogen functional groups attached to an aromatic ring is 1. The van der Waals surface area contributed by atoms with E-state index in [0.29, 0.717) is 32.0 Å². The van der Waals surface area contributed by atoms with Crippen molar-refractivity contribution in [3.63, 3.8) is 0 Å². The quantitative estimate of drug-likeness (QED) is 0.714. The summed E-state index contributed by atoms with van der Waals surface area (Å²) in [5, 5.41) is 0. The summed E-state index contributed by atoms with van der Waals surface area (Å²) in [5.74, 6) is 0. The van der Waals surface area contributed by atoms with E-state index in [-0.39, 0.29) is 4.90 Å². The van der Waals surface area contributed by atoms with Crippen molar-refractivity contribution in [1.29, 1.82) is 0 Å². The predicted molar refractivity (Wildman–Crippen MR) is 79.9 cm³/mol. The maximum absolute atomic E-state index is 11.5. The van der Waals surface area contributed by atoms with E-state index in [0.717, 1.165) is 11.9 Å². The third-order valence-corrected chi connectivity index (χ3v) is 4.01. The molecule has 6 nitrogen and oxygen atoms in total. The topological polar surface area (TPSA) is 81.9 Å². The fourth-order valence-corrected chi connectivity index (χ4v) is 2.46. The summed E-state index contributed by atoms with van der Waals surface area (Å²) in [5.41, 5.74) is 7.19. The van der Waals surface area contributed by atoms with Crippen LogP contribution in [0.1, 0.15) is 0 Å². The van der Waals surface area contributed by atoms with Crippen LogP contribution >= 0.6 is 0 Å². The van der Waals surface area contributed by atoms with E-state index in [4.69, 9.17) is 15.2 Å². The number of hydrogen-bond donors (Lipinski definition) is 1. The average molecular weight is 302 g/mol. The second kappa shape index (κ2) is 7.47. The third-order valence-electron chi connectivity index (χ3n) is 2.90. The molecule has 1 aromatic rings. The highest BCUT2D eigenvalue weighted by Crippen LogP contribution is 2.26. The first-order chi connectivity index (χ1) is 9.40. The van der Waals surface area contributed by atoms with Crippen molar-refractivity contribution in [2.24, 2.45) is 0 Å². The molecule has 7 heteroatoms. The summed E-state index contributed by atoms with van der Waals surface area (Å²) < 4.78 is 33.1. The molecule has 0 bridgehead atoms. The van der Waals surface area contributed by atoms with Gasteiger partial charge in [0, 0.05) is 33.6 Å². The zero-order valence-corrected chi connectivity index (χ0v) is 12.9.